The third kappa shape index (κ3) is 9.14. The predicted molar refractivity (Wildman–Crippen MR) is 130 cm³/mol. The van der Waals surface area contributed by atoms with Crippen LogP contribution in [-0.4, -0.2) is 28.1 Å². The summed E-state index contributed by atoms with van der Waals surface area (Å²) >= 11 is 8.04. The highest BCUT2D eigenvalue weighted by Gasteiger charge is 2.18. The van der Waals surface area contributed by atoms with Crippen LogP contribution in [0, 0.1) is 5.92 Å². The average Bonchev–Trinajstić information content (AvgIpc) is 2.79. The van der Waals surface area contributed by atoms with Crippen molar-refractivity contribution < 1.29 is 28.7 Å². The molecule has 0 radical (unpaired) electrons. The number of ether oxygens (including phenoxy) is 1. The van der Waals surface area contributed by atoms with Crippen LogP contribution in [0.4, 0.5) is 0 Å². The van der Waals surface area contributed by atoms with Gasteiger partial charge in [0.15, 0.2) is 0 Å². The van der Waals surface area contributed by atoms with E-state index in [-0.39, 0.29) is 19.1 Å². The van der Waals surface area contributed by atoms with Gasteiger partial charge < -0.3 is 19.6 Å². The number of aryl methyl sites for hydroxylation is 1. The fraction of sp³-hybridized carbons (Fsp3) is 0.250. The Labute approximate surface area is 202 Å². The lowest BCUT2D eigenvalue weighted by Gasteiger charge is -2.15. The third-order valence-electron chi connectivity index (χ3n) is 4.87. The molecule has 1 atom stereocenters. The van der Waals surface area contributed by atoms with Crippen molar-refractivity contribution in [3.63, 3.8) is 0 Å². The molecule has 9 heteroatoms. The molecule has 0 heterocycles. The molecule has 0 unspecified atom stereocenters. The monoisotopic (exact) mass is 508 g/mol. The van der Waals surface area contributed by atoms with Gasteiger partial charge in [-0.2, -0.15) is 0 Å². The number of phosphoric acid groups is 1. The maximum Gasteiger partial charge on any atom is 0.469 e. The van der Waals surface area contributed by atoms with Crippen LogP contribution in [0.15, 0.2) is 82.6 Å². The number of benzene rings is 3. The first-order chi connectivity index (χ1) is 15.8. The molecule has 0 bridgehead atoms. The Morgan fingerprint density at radius 2 is 1.73 bits per heavy atom. The Bertz CT molecular complexity index is 1080. The highest BCUT2D eigenvalue weighted by molar-refractivity contribution is 7.99. The van der Waals surface area contributed by atoms with Gasteiger partial charge in [-0.3, -0.25) is 4.52 Å². The summed E-state index contributed by atoms with van der Waals surface area (Å²) in [5.74, 6) is 0.403. The van der Waals surface area contributed by atoms with Crippen molar-refractivity contribution in [2.75, 3.05) is 13.2 Å². The van der Waals surface area contributed by atoms with Crippen molar-refractivity contribution in [1.29, 1.82) is 0 Å². The van der Waals surface area contributed by atoms with E-state index in [0.29, 0.717) is 24.5 Å². The van der Waals surface area contributed by atoms with Gasteiger partial charge in [-0.15, -0.1) is 0 Å². The summed E-state index contributed by atoms with van der Waals surface area (Å²) < 4.78 is 21.2. The Morgan fingerprint density at radius 1 is 0.970 bits per heavy atom. The number of rotatable bonds is 12. The minimum atomic E-state index is -4.55. The molecule has 0 aliphatic heterocycles. The van der Waals surface area contributed by atoms with Crippen molar-refractivity contribution in [1.82, 2.24) is 0 Å². The second-order valence-corrected chi connectivity index (χ2v) is 10.3. The largest absolute Gasteiger partial charge is 0.489 e. The van der Waals surface area contributed by atoms with Crippen molar-refractivity contribution in [2.45, 2.75) is 29.2 Å². The minimum Gasteiger partial charge on any atom is -0.489 e. The standard InChI is InChI=1S/C24H26ClO6PS/c25-24-14-23(12-11-20(24)10-9-19(15-26)17-31-32(27,28)29)33-22-8-4-7-21(13-22)30-16-18-5-2-1-3-6-18/h1-8,11-14,19,26H,9-10,15-17H2,(H2,27,28,29)/t19-/m0/s1. The van der Waals surface area contributed by atoms with Gasteiger partial charge in [0.25, 0.3) is 0 Å². The predicted octanol–water partition coefficient (Wildman–Crippen LogP) is 5.72. The SMILES string of the molecule is O=P(O)(O)OC[C@H](CO)CCc1ccc(Sc2cccc(OCc3ccccc3)c2)cc1Cl. The van der Waals surface area contributed by atoms with Gasteiger partial charge in [0.2, 0.25) is 0 Å². The van der Waals surface area contributed by atoms with Gasteiger partial charge in [-0.05, 0) is 54.3 Å². The molecular weight excluding hydrogens is 483 g/mol. The fourth-order valence-corrected chi connectivity index (χ4v) is 4.74. The Kier molecular flexibility index (Phi) is 9.83. The molecule has 176 valence electrons. The van der Waals surface area contributed by atoms with E-state index in [1.54, 1.807) is 11.8 Å². The number of aliphatic hydroxyl groups is 1. The third-order valence-corrected chi connectivity index (χ3v) is 6.69. The summed E-state index contributed by atoms with van der Waals surface area (Å²) in [5.41, 5.74) is 2.00. The normalized spacial score (nSPS) is 12.5. The first-order valence-electron chi connectivity index (χ1n) is 10.4. The van der Waals surface area contributed by atoms with E-state index in [4.69, 9.17) is 26.1 Å². The van der Waals surface area contributed by atoms with Crippen LogP contribution in [0.2, 0.25) is 5.02 Å². The van der Waals surface area contributed by atoms with E-state index in [0.717, 1.165) is 26.7 Å². The van der Waals surface area contributed by atoms with Gasteiger partial charge >= 0.3 is 7.82 Å². The molecule has 0 fully saturated rings. The Hall–Kier alpha value is -1.83. The molecule has 6 nitrogen and oxygen atoms in total. The molecule has 0 aliphatic carbocycles. The summed E-state index contributed by atoms with van der Waals surface area (Å²) in [6.45, 7) is 0.0623. The van der Waals surface area contributed by atoms with Crippen molar-refractivity contribution in [2.24, 2.45) is 5.92 Å². The van der Waals surface area contributed by atoms with Crippen LogP contribution in [0.25, 0.3) is 0 Å². The van der Waals surface area contributed by atoms with Crippen LogP contribution in [0.1, 0.15) is 17.5 Å². The fourth-order valence-electron chi connectivity index (χ4n) is 3.09. The molecular formula is C24H26ClO6PS. The zero-order chi connectivity index (χ0) is 23.7. The molecule has 0 aromatic heterocycles. The van der Waals surface area contributed by atoms with Gasteiger partial charge in [-0.25, -0.2) is 4.57 Å². The van der Waals surface area contributed by atoms with Crippen LogP contribution in [-0.2, 0) is 22.1 Å². The van der Waals surface area contributed by atoms with Crippen molar-refractivity contribution in [3.8, 4) is 5.75 Å². The molecule has 0 amide bonds. The maximum atomic E-state index is 10.8. The second-order valence-electron chi connectivity index (χ2n) is 7.48. The number of aliphatic hydroxyl groups excluding tert-OH is 1. The topological polar surface area (TPSA) is 96.2 Å². The van der Waals surface area contributed by atoms with Crippen molar-refractivity contribution >= 4 is 31.2 Å². The lowest BCUT2D eigenvalue weighted by molar-refractivity contribution is 0.125. The van der Waals surface area contributed by atoms with Crippen LogP contribution < -0.4 is 4.74 Å². The summed E-state index contributed by atoms with van der Waals surface area (Å²) in [6.07, 6.45) is 1.05. The minimum absolute atomic E-state index is 0.213. The first kappa shape index (κ1) is 25.8. The summed E-state index contributed by atoms with van der Waals surface area (Å²) in [5, 5.41) is 10.0. The highest BCUT2D eigenvalue weighted by Crippen LogP contribution is 2.37. The summed E-state index contributed by atoms with van der Waals surface area (Å²) in [7, 11) is -4.55. The molecule has 3 aromatic rings. The second kappa shape index (κ2) is 12.6. The summed E-state index contributed by atoms with van der Waals surface area (Å²) in [6, 6.07) is 23.7. The highest BCUT2D eigenvalue weighted by atomic mass is 35.5. The lowest BCUT2D eigenvalue weighted by Crippen LogP contribution is -2.14. The molecule has 33 heavy (non-hydrogen) atoms. The Morgan fingerprint density at radius 3 is 2.42 bits per heavy atom. The molecule has 3 aromatic carbocycles. The van der Waals surface area contributed by atoms with E-state index in [1.807, 2.05) is 72.8 Å². The van der Waals surface area contributed by atoms with Gasteiger partial charge in [0.1, 0.15) is 12.4 Å². The number of phosphoric ester groups is 1. The zero-order valence-electron chi connectivity index (χ0n) is 17.8. The van der Waals surface area contributed by atoms with Crippen LogP contribution in [0.3, 0.4) is 0 Å². The number of hydrogen-bond acceptors (Lipinski definition) is 5. The molecule has 0 saturated heterocycles. The quantitative estimate of drug-likeness (QED) is 0.269. The summed E-state index contributed by atoms with van der Waals surface area (Å²) in [4.78, 5) is 19.6. The molecule has 3 rings (SSSR count). The van der Waals surface area contributed by atoms with Crippen molar-refractivity contribution in [3.05, 3.63) is 88.9 Å². The molecule has 0 saturated carbocycles. The van der Waals surface area contributed by atoms with Crippen LogP contribution >= 0.6 is 31.2 Å². The first-order valence-corrected chi connectivity index (χ1v) is 13.1. The van der Waals surface area contributed by atoms with E-state index >= 15 is 0 Å². The van der Waals surface area contributed by atoms with Crippen LogP contribution in [0.5, 0.6) is 5.75 Å². The molecule has 0 spiro atoms. The Balaban J connectivity index is 1.56. The molecule has 0 aliphatic rings. The van der Waals surface area contributed by atoms with E-state index in [1.165, 1.54) is 0 Å². The maximum absolute atomic E-state index is 10.8. The smallest absolute Gasteiger partial charge is 0.469 e. The number of hydrogen-bond donors (Lipinski definition) is 3. The average molecular weight is 509 g/mol. The van der Waals surface area contributed by atoms with Gasteiger partial charge in [-0.1, -0.05) is 65.8 Å². The lowest BCUT2D eigenvalue weighted by atomic mass is 10.0. The molecule has 3 N–H and O–H groups in total. The van der Waals surface area contributed by atoms with Gasteiger partial charge in [0, 0.05) is 27.3 Å². The van der Waals surface area contributed by atoms with E-state index < -0.39 is 7.82 Å². The van der Waals surface area contributed by atoms with Gasteiger partial charge in [0.05, 0.1) is 6.61 Å². The number of halogens is 1. The zero-order valence-corrected chi connectivity index (χ0v) is 20.3. The van der Waals surface area contributed by atoms with E-state index in [2.05, 4.69) is 4.52 Å². The van der Waals surface area contributed by atoms with E-state index in [9.17, 15) is 9.67 Å².